The summed E-state index contributed by atoms with van der Waals surface area (Å²) in [6.07, 6.45) is -3.09. The minimum absolute atomic E-state index is 0.224. The van der Waals surface area contributed by atoms with E-state index in [1.807, 2.05) is 6.92 Å². The van der Waals surface area contributed by atoms with Crippen LogP contribution in [-0.4, -0.2) is 27.1 Å². The predicted molar refractivity (Wildman–Crippen MR) is 103 cm³/mol. The first kappa shape index (κ1) is 22.0. The van der Waals surface area contributed by atoms with Gasteiger partial charge in [0.1, 0.15) is 6.54 Å². The van der Waals surface area contributed by atoms with Crippen molar-refractivity contribution in [3.63, 3.8) is 0 Å². The summed E-state index contributed by atoms with van der Waals surface area (Å²) < 4.78 is 63.7. The third-order valence-electron chi connectivity index (χ3n) is 3.88. The first-order valence-electron chi connectivity index (χ1n) is 8.15. The number of sulfonamides is 1. The van der Waals surface area contributed by atoms with E-state index in [1.54, 1.807) is 24.3 Å². The molecule has 2 aromatic carbocycles. The Morgan fingerprint density at radius 2 is 1.75 bits per heavy atom. The van der Waals surface area contributed by atoms with Crippen LogP contribution in [-0.2, 0) is 27.4 Å². The number of nitrogens with zero attached hydrogens (tertiary/aromatic N) is 1. The van der Waals surface area contributed by atoms with Crippen LogP contribution in [0.1, 0.15) is 18.1 Å². The number of hydrogen-bond acceptors (Lipinski definition) is 3. The van der Waals surface area contributed by atoms with E-state index >= 15 is 0 Å². The van der Waals surface area contributed by atoms with Gasteiger partial charge in [-0.3, -0.25) is 9.10 Å². The molecule has 1 amide bonds. The van der Waals surface area contributed by atoms with Gasteiger partial charge in [0.25, 0.3) is 0 Å². The number of hydrogen-bond donors (Lipinski definition) is 1. The van der Waals surface area contributed by atoms with Crippen molar-refractivity contribution in [2.24, 2.45) is 0 Å². The molecule has 2 aromatic rings. The van der Waals surface area contributed by atoms with Crippen molar-refractivity contribution in [1.29, 1.82) is 0 Å². The second-order valence-electron chi connectivity index (χ2n) is 6.03. The first-order valence-corrected chi connectivity index (χ1v) is 10.4. The Balaban J connectivity index is 2.31. The van der Waals surface area contributed by atoms with Gasteiger partial charge in [-0.1, -0.05) is 30.7 Å². The Morgan fingerprint density at radius 3 is 2.25 bits per heavy atom. The summed E-state index contributed by atoms with van der Waals surface area (Å²) in [6.45, 7) is 1.24. The fourth-order valence-electron chi connectivity index (χ4n) is 2.42. The maximum Gasteiger partial charge on any atom is 0.416 e. The minimum atomic E-state index is -4.69. The van der Waals surface area contributed by atoms with Crippen molar-refractivity contribution < 1.29 is 26.4 Å². The van der Waals surface area contributed by atoms with Crippen LogP contribution in [0.15, 0.2) is 42.5 Å². The van der Waals surface area contributed by atoms with Crippen molar-refractivity contribution in [3.05, 3.63) is 58.6 Å². The topological polar surface area (TPSA) is 66.5 Å². The summed E-state index contributed by atoms with van der Waals surface area (Å²) >= 11 is 5.92. The molecule has 0 bridgehead atoms. The second-order valence-corrected chi connectivity index (χ2v) is 8.35. The van der Waals surface area contributed by atoms with Gasteiger partial charge in [-0.25, -0.2) is 8.42 Å². The SMILES string of the molecule is CCc1ccc(NC(=O)CN(c2cc(C(F)(F)F)ccc2Cl)S(C)(=O)=O)cc1. The molecule has 1 N–H and O–H groups in total. The number of nitrogens with one attached hydrogen (secondary N) is 1. The van der Waals surface area contributed by atoms with Crippen molar-refractivity contribution in [2.75, 3.05) is 22.4 Å². The lowest BCUT2D eigenvalue weighted by Gasteiger charge is -2.24. The largest absolute Gasteiger partial charge is 0.416 e. The van der Waals surface area contributed by atoms with Gasteiger partial charge in [-0.2, -0.15) is 13.2 Å². The second kappa shape index (κ2) is 8.40. The number of amides is 1. The van der Waals surface area contributed by atoms with Crippen molar-refractivity contribution in [1.82, 2.24) is 0 Å². The summed E-state index contributed by atoms with van der Waals surface area (Å²) in [7, 11) is -4.08. The van der Waals surface area contributed by atoms with Crippen LogP contribution in [0.2, 0.25) is 5.02 Å². The van der Waals surface area contributed by atoms with Crippen LogP contribution in [0.25, 0.3) is 0 Å². The van der Waals surface area contributed by atoms with Gasteiger partial charge in [0.15, 0.2) is 0 Å². The lowest BCUT2D eigenvalue weighted by atomic mass is 10.1. The summed E-state index contributed by atoms with van der Waals surface area (Å²) in [5, 5.41) is 2.30. The van der Waals surface area contributed by atoms with Crippen LogP contribution in [0.4, 0.5) is 24.5 Å². The molecule has 152 valence electrons. The number of benzene rings is 2. The molecule has 0 aliphatic carbocycles. The highest BCUT2D eigenvalue weighted by Gasteiger charge is 2.33. The molecule has 0 spiro atoms. The Labute approximate surface area is 166 Å². The minimum Gasteiger partial charge on any atom is -0.325 e. The highest BCUT2D eigenvalue weighted by Crippen LogP contribution is 2.36. The summed E-state index contributed by atoms with van der Waals surface area (Å²) in [4.78, 5) is 12.3. The van der Waals surface area contributed by atoms with E-state index in [-0.39, 0.29) is 5.02 Å². The number of carbonyl (C=O) groups is 1. The van der Waals surface area contributed by atoms with Gasteiger partial charge < -0.3 is 5.32 Å². The number of anilines is 2. The van der Waals surface area contributed by atoms with Gasteiger partial charge in [0.2, 0.25) is 15.9 Å². The van der Waals surface area contributed by atoms with Crippen molar-refractivity contribution in [3.8, 4) is 0 Å². The fraction of sp³-hybridized carbons (Fsp3) is 0.278. The third-order valence-corrected chi connectivity index (χ3v) is 5.32. The maximum atomic E-state index is 13.0. The smallest absolute Gasteiger partial charge is 0.325 e. The molecule has 0 unspecified atom stereocenters. The molecule has 2 rings (SSSR count). The summed E-state index contributed by atoms with van der Waals surface area (Å²) in [5.41, 5.74) is -0.0103. The molecular weight excluding hydrogens is 417 g/mol. The van der Waals surface area contributed by atoms with Crippen molar-refractivity contribution >= 4 is 38.9 Å². The van der Waals surface area contributed by atoms with Gasteiger partial charge >= 0.3 is 6.18 Å². The Kier molecular flexibility index (Phi) is 6.61. The van der Waals surface area contributed by atoms with Crippen LogP contribution >= 0.6 is 11.6 Å². The van der Waals surface area contributed by atoms with Crippen LogP contribution in [0, 0.1) is 0 Å². The standard InChI is InChI=1S/C18H18ClF3N2O3S/c1-3-12-4-7-14(8-5-12)23-17(25)11-24(28(2,26)27)16-10-13(18(20,21)22)6-9-15(16)19/h4-10H,3,11H2,1-2H3,(H,23,25). The molecule has 0 aliphatic rings. The molecule has 0 saturated heterocycles. The van der Waals surface area contributed by atoms with Gasteiger partial charge in [-0.15, -0.1) is 0 Å². The number of rotatable bonds is 6. The molecule has 0 aromatic heterocycles. The highest BCUT2D eigenvalue weighted by atomic mass is 35.5. The van der Waals surface area contributed by atoms with Crippen LogP contribution in [0.3, 0.4) is 0 Å². The number of carbonyl (C=O) groups excluding carboxylic acids is 1. The van der Waals surface area contributed by atoms with E-state index in [9.17, 15) is 26.4 Å². The molecule has 28 heavy (non-hydrogen) atoms. The van der Waals surface area contributed by atoms with E-state index in [0.717, 1.165) is 30.4 Å². The highest BCUT2D eigenvalue weighted by molar-refractivity contribution is 7.92. The zero-order valence-corrected chi connectivity index (χ0v) is 16.6. The molecule has 0 atom stereocenters. The Bertz CT molecular complexity index is 961. The lowest BCUT2D eigenvalue weighted by molar-refractivity contribution is -0.137. The number of aryl methyl sites for hydroxylation is 1. The molecular formula is C18H18ClF3N2O3S. The molecule has 10 heteroatoms. The van der Waals surface area contributed by atoms with Gasteiger partial charge in [0.05, 0.1) is 22.5 Å². The molecule has 0 heterocycles. The zero-order valence-electron chi connectivity index (χ0n) is 15.0. The monoisotopic (exact) mass is 434 g/mol. The van der Waals surface area contributed by atoms with Gasteiger partial charge in [0, 0.05) is 5.69 Å². The first-order chi connectivity index (χ1) is 12.9. The molecule has 0 saturated carbocycles. The quantitative estimate of drug-likeness (QED) is 0.736. The third kappa shape index (κ3) is 5.62. The molecule has 5 nitrogen and oxygen atoms in total. The van der Waals surface area contributed by atoms with Crippen molar-refractivity contribution in [2.45, 2.75) is 19.5 Å². The Hall–Kier alpha value is -2.26. The van der Waals surface area contributed by atoms with E-state index in [0.29, 0.717) is 16.1 Å². The lowest BCUT2D eigenvalue weighted by Crippen LogP contribution is -2.37. The predicted octanol–water partition coefficient (Wildman–Crippen LogP) is 4.33. The van der Waals surface area contributed by atoms with Gasteiger partial charge in [-0.05, 0) is 42.3 Å². The molecule has 0 aliphatic heterocycles. The average Bonchev–Trinajstić information content (AvgIpc) is 2.59. The maximum absolute atomic E-state index is 13.0. The summed E-state index contributed by atoms with van der Waals surface area (Å²) in [5.74, 6) is -0.719. The Morgan fingerprint density at radius 1 is 1.14 bits per heavy atom. The van der Waals surface area contributed by atoms with Crippen LogP contribution in [0.5, 0.6) is 0 Å². The fourth-order valence-corrected chi connectivity index (χ4v) is 3.55. The normalized spacial score (nSPS) is 11.9. The number of halogens is 4. The summed E-state index contributed by atoms with van der Waals surface area (Å²) in [6, 6.07) is 9.19. The van der Waals surface area contributed by atoms with Crippen LogP contribution < -0.4 is 9.62 Å². The number of alkyl halides is 3. The molecule has 0 fully saturated rings. The average molecular weight is 435 g/mol. The zero-order chi connectivity index (χ0) is 21.1. The molecule has 0 radical (unpaired) electrons. The van der Waals surface area contributed by atoms with E-state index in [2.05, 4.69) is 5.32 Å². The van der Waals surface area contributed by atoms with E-state index in [1.165, 1.54) is 0 Å². The van der Waals surface area contributed by atoms with E-state index < -0.39 is 39.9 Å². The van der Waals surface area contributed by atoms with E-state index in [4.69, 9.17) is 11.6 Å².